The minimum atomic E-state index is -0.946. The number of benzene rings is 2. The van der Waals surface area contributed by atoms with Gasteiger partial charge in [0.25, 0.3) is 0 Å². The van der Waals surface area contributed by atoms with Gasteiger partial charge in [0.1, 0.15) is 5.82 Å². The van der Waals surface area contributed by atoms with Gasteiger partial charge >= 0.3 is 6.09 Å². The Morgan fingerprint density at radius 1 is 1.04 bits per heavy atom. The number of anilines is 1. The molecule has 0 radical (unpaired) electrons. The summed E-state index contributed by atoms with van der Waals surface area (Å²) in [6.45, 7) is 1.33. The molecule has 0 aliphatic rings. The lowest BCUT2D eigenvalue weighted by atomic mass is 10.1. The van der Waals surface area contributed by atoms with Crippen LogP contribution in [0, 0.1) is 0 Å². The first-order valence-electron chi connectivity index (χ1n) is 9.89. The molecule has 4 N–H and O–H groups in total. The fourth-order valence-corrected chi connectivity index (χ4v) is 3.46. The van der Waals surface area contributed by atoms with Gasteiger partial charge in [0.2, 0.25) is 0 Å². The van der Waals surface area contributed by atoms with Crippen molar-refractivity contribution in [2.45, 2.75) is 45.1 Å². The molecule has 0 bridgehead atoms. The molecule has 1 aromatic heterocycles. The Labute approximate surface area is 165 Å². The normalized spacial score (nSPS) is 11.0. The van der Waals surface area contributed by atoms with E-state index in [0.717, 1.165) is 67.6 Å². The summed E-state index contributed by atoms with van der Waals surface area (Å²) in [6.07, 6.45) is 5.19. The molecular weight excluding hydrogens is 352 g/mol. The predicted molar refractivity (Wildman–Crippen MR) is 113 cm³/mol. The molecule has 0 fully saturated rings. The number of aromatic nitrogens is 2. The molecule has 0 saturated heterocycles. The number of nitrogens with one attached hydrogen (secondary N) is 1. The van der Waals surface area contributed by atoms with E-state index in [4.69, 9.17) is 15.8 Å². The minimum absolute atomic E-state index is 0.531. The van der Waals surface area contributed by atoms with Gasteiger partial charge in [-0.1, -0.05) is 49.6 Å². The summed E-state index contributed by atoms with van der Waals surface area (Å²) < 4.78 is 2.29. The fraction of sp³-hybridized carbons (Fsp3) is 0.364. The van der Waals surface area contributed by atoms with Crippen LogP contribution in [0.1, 0.15) is 43.5 Å². The number of nitrogen functional groups attached to an aromatic ring is 1. The second-order valence-corrected chi connectivity index (χ2v) is 7.10. The average Bonchev–Trinajstić information content (AvgIpc) is 3.01. The molecule has 6 nitrogen and oxygen atoms in total. The molecular formula is C22H28N4O2. The van der Waals surface area contributed by atoms with Gasteiger partial charge in [-0.3, -0.25) is 0 Å². The van der Waals surface area contributed by atoms with Crippen LogP contribution in [0.5, 0.6) is 0 Å². The molecule has 3 rings (SSSR count). The number of fused-ring (bicyclic) bond motifs is 1. The van der Waals surface area contributed by atoms with Crippen molar-refractivity contribution < 1.29 is 9.90 Å². The Bertz CT molecular complexity index is 906. The van der Waals surface area contributed by atoms with Gasteiger partial charge in [-0.25, -0.2) is 9.78 Å². The maximum atomic E-state index is 10.4. The number of hydrogen-bond acceptors (Lipinski definition) is 3. The lowest BCUT2D eigenvalue weighted by molar-refractivity contribution is 0.194. The van der Waals surface area contributed by atoms with Gasteiger partial charge < -0.3 is 20.7 Å². The molecule has 0 aliphatic carbocycles. The summed E-state index contributed by atoms with van der Waals surface area (Å²) in [4.78, 5) is 15.3. The monoisotopic (exact) mass is 380 g/mol. The van der Waals surface area contributed by atoms with Crippen molar-refractivity contribution in [2.75, 3.05) is 12.3 Å². The highest BCUT2D eigenvalue weighted by Crippen LogP contribution is 2.22. The van der Waals surface area contributed by atoms with Crippen molar-refractivity contribution in [1.82, 2.24) is 14.9 Å². The molecule has 3 aromatic rings. The van der Waals surface area contributed by atoms with Crippen LogP contribution >= 0.6 is 0 Å². The van der Waals surface area contributed by atoms with E-state index in [0.29, 0.717) is 6.54 Å². The number of aryl methyl sites for hydroxylation is 1. The highest BCUT2D eigenvalue weighted by Gasteiger charge is 2.11. The van der Waals surface area contributed by atoms with E-state index in [9.17, 15) is 4.79 Å². The Morgan fingerprint density at radius 3 is 2.57 bits per heavy atom. The number of unbranched alkanes of at least 4 members (excludes halogenated alkanes) is 4. The molecule has 1 heterocycles. The molecule has 148 valence electrons. The number of rotatable bonds is 10. The third-order valence-electron chi connectivity index (χ3n) is 4.89. The first kappa shape index (κ1) is 19.7. The summed E-state index contributed by atoms with van der Waals surface area (Å²) in [6, 6.07) is 16.4. The summed E-state index contributed by atoms with van der Waals surface area (Å²) in [5.74, 6) is 1.09. The number of amides is 1. The molecule has 1 amide bonds. The van der Waals surface area contributed by atoms with Crippen LogP contribution in [0.25, 0.3) is 11.0 Å². The highest BCUT2D eigenvalue weighted by molar-refractivity contribution is 5.79. The standard InChI is InChI=1S/C22H28N4O2/c23-18-12-13-20-19(15-18)25-21(26(20)16-17-9-5-4-6-10-17)11-7-2-1-3-8-14-24-22(27)28/h4-6,9-10,12-13,15,24H,1-3,7-8,11,14,16,23H2,(H,27,28). The predicted octanol–water partition coefficient (Wildman–Crippen LogP) is 4.43. The van der Waals surface area contributed by atoms with Crippen LogP contribution in [0.15, 0.2) is 48.5 Å². The van der Waals surface area contributed by atoms with E-state index >= 15 is 0 Å². The van der Waals surface area contributed by atoms with Crippen molar-refractivity contribution in [1.29, 1.82) is 0 Å². The smallest absolute Gasteiger partial charge is 0.404 e. The van der Waals surface area contributed by atoms with E-state index in [1.807, 2.05) is 18.2 Å². The van der Waals surface area contributed by atoms with E-state index < -0.39 is 6.09 Å². The summed E-state index contributed by atoms with van der Waals surface area (Å²) in [5.41, 5.74) is 10.0. The maximum Gasteiger partial charge on any atom is 0.404 e. The fourth-order valence-electron chi connectivity index (χ4n) is 3.46. The van der Waals surface area contributed by atoms with Crippen LogP contribution < -0.4 is 11.1 Å². The molecule has 6 heteroatoms. The molecule has 0 aliphatic heterocycles. The van der Waals surface area contributed by atoms with Gasteiger partial charge in [0.05, 0.1) is 11.0 Å². The number of carboxylic acid groups (broad SMARTS) is 1. The molecule has 0 spiro atoms. The lowest BCUT2D eigenvalue weighted by Crippen LogP contribution is -2.21. The molecule has 0 atom stereocenters. The second kappa shape index (κ2) is 9.78. The SMILES string of the molecule is Nc1ccc2c(c1)nc(CCCCCCCNC(=O)O)n2Cc1ccccc1. The number of nitrogens with zero attached hydrogens (tertiary/aromatic N) is 2. The molecule has 28 heavy (non-hydrogen) atoms. The van der Waals surface area contributed by atoms with Crippen molar-refractivity contribution in [3.63, 3.8) is 0 Å². The zero-order chi connectivity index (χ0) is 19.8. The van der Waals surface area contributed by atoms with Gasteiger partial charge in [-0.05, 0) is 36.6 Å². The maximum absolute atomic E-state index is 10.4. The second-order valence-electron chi connectivity index (χ2n) is 7.10. The lowest BCUT2D eigenvalue weighted by Gasteiger charge is -2.10. The zero-order valence-electron chi connectivity index (χ0n) is 16.1. The Kier molecular flexibility index (Phi) is 6.89. The van der Waals surface area contributed by atoms with Gasteiger partial charge in [-0.2, -0.15) is 0 Å². The van der Waals surface area contributed by atoms with Crippen molar-refractivity contribution >= 4 is 22.8 Å². The van der Waals surface area contributed by atoms with Gasteiger partial charge in [-0.15, -0.1) is 0 Å². The van der Waals surface area contributed by atoms with Crippen LogP contribution in [-0.2, 0) is 13.0 Å². The topological polar surface area (TPSA) is 93.2 Å². The Balaban J connectivity index is 1.60. The van der Waals surface area contributed by atoms with Gasteiger partial charge in [0, 0.05) is 25.2 Å². The first-order chi connectivity index (χ1) is 13.6. The molecule has 2 aromatic carbocycles. The van der Waals surface area contributed by atoms with Crippen molar-refractivity contribution in [2.24, 2.45) is 0 Å². The van der Waals surface area contributed by atoms with Crippen molar-refractivity contribution in [3.05, 3.63) is 59.9 Å². The number of hydrogen-bond donors (Lipinski definition) is 3. The van der Waals surface area contributed by atoms with Crippen LogP contribution in [0.3, 0.4) is 0 Å². The quantitative estimate of drug-likeness (QED) is 0.358. The number of nitrogens with two attached hydrogens (primary N) is 1. The van der Waals surface area contributed by atoms with Crippen LogP contribution in [0.2, 0.25) is 0 Å². The molecule has 0 unspecified atom stereocenters. The van der Waals surface area contributed by atoms with Crippen molar-refractivity contribution in [3.8, 4) is 0 Å². The Morgan fingerprint density at radius 2 is 1.79 bits per heavy atom. The third kappa shape index (κ3) is 5.49. The summed E-state index contributed by atoms with van der Waals surface area (Å²) in [5, 5.41) is 11.0. The number of carbonyl (C=O) groups is 1. The Hall–Kier alpha value is -3.02. The van der Waals surface area contributed by atoms with E-state index in [1.165, 1.54) is 5.56 Å². The van der Waals surface area contributed by atoms with E-state index in [2.05, 4.69) is 40.2 Å². The average molecular weight is 380 g/mol. The van der Waals surface area contributed by atoms with Crippen LogP contribution in [0.4, 0.5) is 10.5 Å². The number of imidazole rings is 1. The minimum Gasteiger partial charge on any atom is -0.465 e. The van der Waals surface area contributed by atoms with E-state index in [1.54, 1.807) is 0 Å². The third-order valence-corrected chi connectivity index (χ3v) is 4.89. The zero-order valence-corrected chi connectivity index (χ0v) is 16.1. The molecule has 0 saturated carbocycles. The summed E-state index contributed by atoms with van der Waals surface area (Å²) >= 11 is 0. The van der Waals surface area contributed by atoms with Crippen LogP contribution in [-0.4, -0.2) is 27.3 Å². The highest BCUT2D eigenvalue weighted by atomic mass is 16.4. The van der Waals surface area contributed by atoms with Gasteiger partial charge in [0.15, 0.2) is 0 Å². The summed E-state index contributed by atoms with van der Waals surface area (Å²) in [7, 11) is 0. The van der Waals surface area contributed by atoms with E-state index in [-0.39, 0.29) is 0 Å². The first-order valence-corrected chi connectivity index (χ1v) is 9.89. The largest absolute Gasteiger partial charge is 0.465 e.